The van der Waals surface area contributed by atoms with E-state index in [0.29, 0.717) is 0 Å². The third-order valence-corrected chi connectivity index (χ3v) is 2.42. The highest BCUT2D eigenvalue weighted by Crippen LogP contribution is 2.24. The number of nitrogens with two attached hydrogens (primary N) is 1. The van der Waals surface area contributed by atoms with Gasteiger partial charge in [-0.2, -0.15) is 0 Å². The minimum Gasteiger partial charge on any atom is -0.478 e. The van der Waals surface area contributed by atoms with Crippen molar-refractivity contribution < 1.29 is 19.1 Å². The van der Waals surface area contributed by atoms with Gasteiger partial charge in [0.15, 0.2) is 0 Å². The maximum atomic E-state index is 13.7. The monoisotopic (exact) mass is 255 g/mol. The first-order valence-corrected chi connectivity index (χ1v) is 5.10. The normalized spacial score (nSPS) is 9.94. The van der Waals surface area contributed by atoms with Crippen LogP contribution in [0.25, 0.3) is 0 Å². The van der Waals surface area contributed by atoms with Crippen LogP contribution in [0.15, 0.2) is 12.1 Å². The fraction of sp³-hybridized carbons (Fsp3) is 0.273. The molecule has 1 aromatic rings. The van der Waals surface area contributed by atoms with Crippen molar-refractivity contribution in [2.45, 2.75) is 0 Å². The molecule has 0 aliphatic heterocycles. The van der Waals surface area contributed by atoms with E-state index in [0.717, 1.165) is 12.1 Å². The zero-order chi connectivity index (χ0) is 13.9. The number of amides is 1. The molecule has 0 aliphatic carbocycles. The van der Waals surface area contributed by atoms with Gasteiger partial charge in [0.25, 0.3) is 0 Å². The van der Waals surface area contributed by atoms with Crippen molar-refractivity contribution in [1.29, 1.82) is 0 Å². The largest absolute Gasteiger partial charge is 0.478 e. The van der Waals surface area contributed by atoms with Crippen molar-refractivity contribution in [3.05, 3.63) is 23.5 Å². The average molecular weight is 255 g/mol. The molecule has 1 aromatic carbocycles. The molecule has 0 heterocycles. The summed E-state index contributed by atoms with van der Waals surface area (Å²) in [6.45, 7) is -0.0869. The van der Waals surface area contributed by atoms with Gasteiger partial charge in [-0.3, -0.25) is 4.79 Å². The molecule has 0 unspecified atom stereocenters. The van der Waals surface area contributed by atoms with Gasteiger partial charge in [0.05, 0.1) is 17.8 Å². The highest BCUT2D eigenvalue weighted by Gasteiger charge is 2.16. The van der Waals surface area contributed by atoms with Crippen molar-refractivity contribution in [2.24, 2.45) is 0 Å². The fourth-order valence-electron chi connectivity index (χ4n) is 1.43. The number of halogens is 1. The third-order valence-electron chi connectivity index (χ3n) is 2.42. The van der Waals surface area contributed by atoms with E-state index in [1.165, 1.54) is 19.0 Å². The average Bonchev–Trinajstić information content (AvgIpc) is 2.27. The maximum absolute atomic E-state index is 13.7. The minimum atomic E-state index is -1.25. The number of hydrogen-bond donors (Lipinski definition) is 3. The molecule has 1 amide bonds. The number of anilines is 2. The van der Waals surface area contributed by atoms with E-state index in [4.69, 9.17) is 10.8 Å². The number of carboxylic acids is 1. The number of hydrogen-bond acceptors (Lipinski definition) is 4. The Bertz CT molecular complexity index is 491. The number of carbonyl (C=O) groups is 2. The molecule has 0 radical (unpaired) electrons. The molecule has 0 bridgehead atoms. The second-order valence-corrected chi connectivity index (χ2v) is 3.73. The Balaban J connectivity index is 3.12. The molecule has 0 spiro atoms. The summed E-state index contributed by atoms with van der Waals surface area (Å²) in [7, 11) is 2.94. The van der Waals surface area contributed by atoms with Gasteiger partial charge < -0.3 is 21.1 Å². The van der Waals surface area contributed by atoms with Gasteiger partial charge in [0, 0.05) is 19.8 Å². The van der Waals surface area contributed by atoms with Crippen LogP contribution in [0.4, 0.5) is 15.8 Å². The Kier molecular flexibility index (Phi) is 4.09. The highest BCUT2D eigenvalue weighted by molar-refractivity contribution is 5.95. The van der Waals surface area contributed by atoms with Gasteiger partial charge >= 0.3 is 5.97 Å². The van der Waals surface area contributed by atoms with Crippen molar-refractivity contribution in [2.75, 3.05) is 31.3 Å². The molecule has 1 rings (SSSR count). The Morgan fingerprint density at radius 3 is 2.61 bits per heavy atom. The van der Waals surface area contributed by atoms with Gasteiger partial charge in [0.2, 0.25) is 5.91 Å². The predicted molar refractivity (Wildman–Crippen MR) is 65.1 cm³/mol. The molecule has 7 heteroatoms. The van der Waals surface area contributed by atoms with Crippen LogP contribution in [0.2, 0.25) is 0 Å². The van der Waals surface area contributed by atoms with Crippen LogP contribution < -0.4 is 16.0 Å². The molecule has 98 valence electrons. The number of nitrogens with zero attached hydrogens (tertiary/aromatic N) is 1. The van der Waals surface area contributed by atoms with Gasteiger partial charge in [-0.05, 0) is 12.1 Å². The second-order valence-electron chi connectivity index (χ2n) is 3.73. The van der Waals surface area contributed by atoms with Crippen LogP contribution in [0.3, 0.4) is 0 Å². The molecule has 0 saturated carbocycles. The van der Waals surface area contributed by atoms with E-state index >= 15 is 0 Å². The Hall–Kier alpha value is -2.31. The first-order valence-electron chi connectivity index (χ1n) is 5.10. The van der Waals surface area contributed by atoms with Crippen LogP contribution in [0.1, 0.15) is 10.4 Å². The van der Waals surface area contributed by atoms with Gasteiger partial charge in [-0.1, -0.05) is 0 Å². The van der Waals surface area contributed by atoms with Crippen molar-refractivity contribution in [3.8, 4) is 0 Å². The molecule has 0 aliphatic rings. The SMILES string of the molecule is CNC(=O)CN(C)c1cc(C(=O)O)c(N)cc1F. The number of aromatic carboxylic acids is 1. The van der Waals surface area contributed by atoms with Crippen LogP contribution in [0.5, 0.6) is 0 Å². The summed E-state index contributed by atoms with van der Waals surface area (Å²) in [5.41, 5.74) is 5.05. The maximum Gasteiger partial charge on any atom is 0.337 e. The van der Waals surface area contributed by atoms with E-state index in [1.807, 2.05) is 0 Å². The standard InChI is InChI=1S/C11H14FN3O3/c1-14-10(16)5-15(2)9-3-6(11(17)18)8(13)4-7(9)12/h3-4H,5,13H2,1-2H3,(H,14,16)(H,17,18). The molecule has 4 N–H and O–H groups in total. The molecule has 0 atom stereocenters. The fourth-order valence-corrected chi connectivity index (χ4v) is 1.43. The molecular formula is C11H14FN3O3. The zero-order valence-electron chi connectivity index (χ0n) is 10.0. The zero-order valence-corrected chi connectivity index (χ0v) is 10.0. The summed E-state index contributed by atoms with van der Waals surface area (Å²) >= 11 is 0. The topological polar surface area (TPSA) is 95.7 Å². The number of carbonyl (C=O) groups excluding carboxylic acids is 1. The predicted octanol–water partition coefficient (Wildman–Crippen LogP) is 0.288. The number of benzene rings is 1. The third kappa shape index (κ3) is 2.88. The van der Waals surface area contributed by atoms with Crippen LogP contribution in [0, 0.1) is 5.82 Å². The van der Waals surface area contributed by atoms with E-state index in [-0.39, 0.29) is 29.4 Å². The van der Waals surface area contributed by atoms with E-state index in [2.05, 4.69) is 5.32 Å². The van der Waals surface area contributed by atoms with Crippen molar-refractivity contribution >= 4 is 23.3 Å². The van der Waals surface area contributed by atoms with Gasteiger partial charge in [-0.25, -0.2) is 9.18 Å². The first kappa shape index (κ1) is 13.8. The molecule has 0 saturated heterocycles. The molecule has 18 heavy (non-hydrogen) atoms. The van der Waals surface area contributed by atoms with Crippen LogP contribution >= 0.6 is 0 Å². The van der Waals surface area contributed by atoms with E-state index < -0.39 is 11.8 Å². The quantitative estimate of drug-likeness (QED) is 0.672. The number of nitrogen functional groups attached to an aromatic ring is 1. The second kappa shape index (κ2) is 5.35. The van der Waals surface area contributed by atoms with Gasteiger partial charge in [0.1, 0.15) is 5.82 Å². The lowest BCUT2D eigenvalue weighted by Gasteiger charge is -2.19. The molecule has 0 fully saturated rings. The van der Waals surface area contributed by atoms with Crippen molar-refractivity contribution in [1.82, 2.24) is 5.32 Å². The summed E-state index contributed by atoms with van der Waals surface area (Å²) < 4.78 is 13.7. The minimum absolute atomic E-state index is 0.00481. The first-order chi connectivity index (χ1) is 8.36. The summed E-state index contributed by atoms with van der Waals surface area (Å²) in [6.07, 6.45) is 0. The number of nitrogens with one attached hydrogen (secondary N) is 1. The summed E-state index contributed by atoms with van der Waals surface area (Å²) in [4.78, 5) is 23.4. The van der Waals surface area contributed by atoms with E-state index in [1.54, 1.807) is 0 Å². The number of likely N-dealkylation sites (N-methyl/N-ethyl adjacent to an activating group) is 2. The van der Waals surface area contributed by atoms with Crippen molar-refractivity contribution in [3.63, 3.8) is 0 Å². The Morgan fingerprint density at radius 1 is 1.50 bits per heavy atom. The molecule has 0 aromatic heterocycles. The van der Waals surface area contributed by atoms with Gasteiger partial charge in [-0.15, -0.1) is 0 Å². The number of carboxylic acid groups (broad SMARTS) is 1. The Labute approximate surface area is 103 Å². The van der Waals surface area contributed by atoms with Crippen LogP contribution in [-0.2, 0) is 4.79 Å². The summed E-state index contributed by atoms with van der Waals surface area (Å²) in [6, 6.07) is 2.04. The lowest BCUT2D eigenvalue weighted by Crippen LogP contribution is -2.33. The Morgan fingerprint density at radius 2 is 2.11 bits per heavy atom. The lowest BCUT2D eigenvalue weighted by atomic mass is 10.1. The van der Waals surface area contributed by atoms with Crippen LogP contribution in [-0.4, -0.2) is 37.6 Å². The lowest BCUT2D eigenvalue weighted by molar-refractivity contribution is -0.119. The summed E-state index contributed by atoms with van der Waals surface area (Å²) in [5, 5.41) is 11.3. The smallest absolute Gasteiger partial charge is 0.337 e. The molecule has 6 nitrogen and oxygen atoms in total. The summed E-state index contributed by atoms with van der Waals surface area (Å²) in [5.74, 6) is -2.24. The molecular weight excluding hydrogens is 241 g/mol. The highest BCUT2D eigenvalue weighted by atomic mass is 19.1. The van der Waals surface area contributed by atoms with E-state index in [9.17, 15) is 14.0 Å². The number of rotatable bonds is 4.